The number of nitrogens with zero attached hydrogens (tertiary/aromatic N) is 2. The molecule has 5 nitrogen and oxygen atoms in total. The quantitative estimate of drug-likeness (QED) is 0.830. The van der Waals surface area contributed by atoms with Crippen molar-refractivity contribution in [3.63, 3.8) is 0 Å². The molecular formula is C11H12N2O3S. The van der Waals surface area contributed by atoms with E-state index in [0.29, 0.717) is 24.2 Å². The fourth-order valence-corrected chi connectivity index (χ4v) is 4.16. The first-order valence-corrected chi connectivity index (χ1v) is 7.17. The van der Waals surface area contributed by atoms with E-state index in [2.05, 4.69) is 4.98 Å². The van der Waals surface area contributed by atoms with E-state index in [1.807, 2.05) is 0 Å². The Kier molecular flexibility index (Phi) is 2.16. The normalized spacial score (nSPS) is 23.2. The van der Waals surface area contributed by atoms with Gasteiger partial charge in [0, 0.05) is 12.4 Å². The van der Waals surface area contributed by atoms with Crippen molar-refractivity contribution in [3.05, 3.63) is 30.2 Å². The van der Waals surface area contributed by atoms with Crippen LogP contribution in [0.1, 0.15) is 23.8 Å². The predicted octanol–water partition coefficient (Wildman–Crippen LogP) is 1.29. The second-order valence-corrected chi connectivity index (χ2v) is 6.59. The molecule has 0 radical (unpaired) electrons. The summed E-state index contributed by atoms with van der Waals surface area (Å²) in [5.74, 6) is 0.298. The van der Waals surface area contributed by atoms with E-state index >= 15 is 0 Å². The molecule has 0 saturated carbocycles. The molecule has 17 heavy (non-hydrogen) atoms. The maximum Gasteiger partial charge on any atom is 0.179 e. The molecule has 0 spiro atoms. The lowest BCUT2D eigenvalue weighted by Gasteiger charge is -2.03. The summed E-state index contributed by atoms with van der Waals surface area (Å²) >= 11 is 0. The van der Waals surface area contributed by atoms with Crippen LogP contribution in [0.3, 0.4) is 0 Å². The van der Waals surface area contributed by atoms with Crippen molar-refractivity contribution in [1.29, 1.82) is 0 Å². The van der Waals surface area contributed by atoms with Gasteiger partial charge in [-0.2, -0.15) is 0 Å². The summed E-state index contributed by atoms with van der Waals surface area (Å²) < 4.78 is 25.3. The minimum absolute atomic E-state index is 0.0640. The Morgan fingerprint density at radius 2 is 2.29 bits per heavy atom. The highest BCUT2D eigenvalue weighted by Crippen LogP contribution is 2.34. The Morgan fingerprint density at radius 3 is 2.94 bits per heavy atom. The van der Waals surface area contributed by atoms with Gasteiger partial charge >= 0.3 is 0 Å². The van der Waals surface area contributed by atoms with Gasteiger partial charge in [0.05, 0.1) is 11.4 Å². The van der Waals surface area contributed by atoms with E-state index in [-0.39, 0.29) is 11.5 Å². The molecule has 1 aliphatic rings. The van der Waals surface area contributed by atoms with Crippen molar-refractivity contribution in [3.8, 4) is 5.75 Å². The van der Waals surface area contributed by atoms with Gasteiger partial charge in [0.2, 0.25) is 0 Å². The number of fused-ring (bicyclic) bond motifs is 1. The predicted molar refractivity (Wildman–Crippen MR) is 62.6 cm³/mol. The lowest BCUT2D eigenvalue weighted by molar-refractivity contribution is 0.477. The number of imidazole rings is 1. The van der Waals surface area contributed by atoms with Crippen molar-refractivity contribution < 1.29 is 13.5 Å². The summed E-state index contributed by atoms with van der Waals surface area (Å²) in [5.41, 5.74) is 0.939. The molecule has 2 aromatic heterocycles. The first kappa shape index (κ1) is 10.6. The Hall–Kier alpha value is -1.56. The van der Waals surface area contributed by atoms with Crippen LogP contribution in [0.5, 0.6) is 5.75 Å². The summed E-state index contributed by atoms with van der Waals surface area (Å²) in [6.45, 7) is 0. The zero-order chi connectivity index (χ0) is 12.0. The molecule has 1 N–H and O–H groups in total. The first-order chi connectivity index (χ1) is 8.08. The van der Waals surface area contributed by atoms with Crippen LogP contribution >= 0.6 is 0 Å². The molecule has 1 atom stereocenters. The number of rotatable bonds is 1. The van der Waals surface area contributed by atoms with Crippen molar-refractivity contribution in [2.45, 2.75) is 18.1 Å². The first-order valence-electron chi connectivity index (χ1n) is 5.46. The molecule has 0 amide bonds. The number of hydrogen-bond acceptors (Lipinski definition) is 4. The van der Waals surface area contributed by atoms with Gasteiger partial charge in [0.15, 0.2) is 21.2 Å². The van der Waals surface area contributed by atoms with E-state index in [9.17, 15) is 13.5 Å². The topological polar surface area (TPSA) is 71.7 Å². The van der Waals surface area contributed by atoms with Gasteiger partial charge in [-0.25, -0.2) is 13.4 Å². The zero-order valence-electron chi connectivity index (χ0n) is 9.07. The third kappa shape index (κ3) is 1.59. The molecule has 0 aliphatic carbocycles. The molecule has 6 heteroatoms. The number of aromatic nitrogens is 2. The molecule has 0 aromatic carbocycles. The van der Waals surface area contributed by atoms with E-state index in [1.165, 1.54) is 6.07 Å². The van der Waals surface area contributed by atoms with Gasteiger partial charge < -0.3 is 9.51 Å². The maximum atomic E-state index is 11.8. The highest BCUT2D eigenvalue weighted by Gasteiger charge is 2.34. The third-order valence-corrected chi connectivity index (χ3v) is 5.34. The van der Waals surface area contributed by atoms with Crippen LogP contribution in [0.4, 0.5) is 0 Å². The fourth-order valence-electron chi connectivity index (χ4n) is 2.30. The molecule has 1 saturated heterocycles. The summed E-state index contributed by atoms with van der Waals surface area (Å²) in [6.07, 6.45) is 4.73. The second-order valence-electron chi connectivity index (χ2n) is 4.29. The van der Waals surface area contributed by atoms with Gasteiger partial charge in [-0.3, -0.25) is 0 Å². The molecular weight excluding hydrogens is 240 g/mol. The Balaban J connectivity index is 2.16. The summed E-state index contributed by atoms with van der Waals surface area (Å²) in [5, 5.41) is 9.11. The van der Waals surface area contributed by atoms with E-state index in [1.54, 1.807) is 22.9 Å². The molecule has 0 bridgehead atoms. The van der Waals surface area contributed by atoms with Crippen molar-refractivity contribution in [2.24, 2.45) is 0 Å². The number of hydrogen-bond donors (Lipinski definition) is 1. The molecule has 1 unspecified atom stereocenters. The van der Waals surface area contributed by atoms with Gasteiger partial charge in [-0.05, 0) is 25.0 Å². The van der Waals surface area contributed by atoms with Crippen LogP contribution in [0.25, 0.3) is 5.65 Å². The van der Waals surface area contributed by atoms with Crippen molar-refractivity contribution in [2.75, 3.05) is 5.75 Å². The number of sulfone groups is 1. The van der Waals surface area contributed by atoms with Crippen LogP contribution in [0, 0.1) is 0 Å². The molecule has 1 aliphatic heterocycles. The minimum Gasteiger partial charge on any atom is -0.504 e. The van der Waals surface area contributed by atoms with Crippen LogP contribution in [0.2, 0.25) is 0 Å². The van der Waals surface area contributed by atoms with E-state index in [0.717, 1.165) is 0 Å². The monoisotopic (exact) mass is 252 g/mol. The van der Waals surface area contributed by atoms with E-state index in [4.69, 9.17) is 0 Å². The third-order valence-electron chi connectivity index (χ3n) is 3.14. The summed E-state index contributed by atoms with van der Waals surface area (Å²) in [7, 11) is -3.06. The smallest absolute Gasteiger partial charge is 0.179 e. The van der Waals surface area contributed by atoms with Gasteiger partial charge in [0.1, 0.15) is 5.25 Å². The molecule has 1 fully saturated rings. The van der Waals surface area contributed by atoms with Crippen LogP contribution in [0.15, 0.2) is 24.5 Å². The SMILES string of the molecule is O=S1(=O)CCCC1c1cn2cccc(O)c2n1. The average molecular weight is 252 g/mol. The van der Waals surface area contributed by atoms with E-state index < -0.39 is 15.1 Å². The van der Waals surface area contributed by atoms with Gasteiger partial charge in [-0.1, -0.05) is 0 Å². The second kappa shape index (κ2) is 3.46. The van der Waals surface area contributed by atoms with Crippen LogP contribution in [-0.4, -0.2) is 28.7 Å². The number of aromatic hydroxyl groups is 1. The van der Waals surface area contributed by atoms with Gasteiger partial charge in [0.25, 0.3) is 0 Å². The lowest BCUT2D eigenvalue weighted by atomic mass is 10.2. The molecule has 3 heterocycles. The number of pyridine rings is 1. The summed E-state index contributed by atoms with van der Waals surface area (Å²) in [6, 6.07) is 3.23. The Morgan fingerprint density at radius 1 is 1.47 bits per heavy atom. The molecule has 2 aromatic rings. The minimum atomic E-state index is -3.06. The summed E-state index contributed by atoms with van der Waals surface area (Å²) in [4.78, 5) is 4.22. The average Bonchev–Trinajstić information content (AvgIpc) is 2.81. The van der Waals surface area contributed by atoms with Gasteiger partial charge in [-0.15, -0.1) is 0 Å². The molecule has 3 rings (SSSR count). The highest BCUT2D eigenvalue weighted by atomic mass is 32.2. The zero-order valence-corrected chi connectivity index (χ0v) is 9.89. The largest absolute Gasteiger partial charge is 0.504 e. The fraction of sp³-hybridized carbons (Fsp3) is 0.364. The maximum absolute atomic E-state index is 11.8. The Labute approximate surface area is 98.6 Å². The highest BCUT2D eigenvalue weighted by molar-refractivity contribution is 7.91. The standard InChI is InChI=1S/C11H12N2O3S/c14-9-3-1-5-13-7-8(12-11(9)13)10-4-2-6-17(10,15)16/h1,3,5,7,10,14H,2,4,6H2. The van der Waals surface area contributed by atoms with Crippen LogP contribution < -0.4 is 0 Å². The Bertz CT molecular complexity index is 675. The van der Waals surface area contributed by atoms with Crippen LogP contribution in [-0.2, 0) is 9.84 Å². The molecule has 90 valence electrons. The van der Waals surface area contributed by atoms with Crippen molar-refractivity contribution in [1.82, 2.24) is 9.38 Å². The van der Waals surface area contributed by atoms with Crippen molar-refractivity contribution >= 4 is 15.5 Å². The lowest BCUT2D eigenvalue weighted by Crippen LogP contribution is -2.08.